The number of rotatable bonds is 3. The topological polar surface area (TPSA) is 32.3 Å². The summed E-state index contributed by atoms with van der Waals surface area (Å²) >= 11 is 0. The van der Waals surface area contributed by atoms with E-state index in [1.165, 1.54) is 11.0 Å². The molecular formula is C14H18F2N2O. The Morgan fingerprint density at radius 1 is 1.32 bits per heavy atom. The minimum Gasteiger partial charge on any atom is -0.317 e. The number of piperidine rings is 1. The maximum Gasteiger partial charge on any atom is 0.226 e. The Bertz CT molecular complexity index is 459. The first kappa shape index (κ1) is 13.9. The van der Waals surface area contributed by atoms with Gasteiger partial charge in [-0.15, -0.1) is 0 Å². The van der Waals surface area contributed by atoms with E-state index in [-0.39, 0.29) is 5.91 Å². The molecule has 0 saturated carbocycles. The fraction of sp³-hybridized carbons (Fsp3) is 0.500. The zero-order chi connectivity index (χ0) is 13.8. The van der Waals surface area contributed by atoms with Crippen LogP contribution in [0, 0.1) is 17.6 Å². The molecule has 1 aromatic carbocycles. The number of amides is 1. The molecule has 1 aliphatic heterocycles. The van der Waals surface area contributed by atoms with Gasteiger partial charge in [-0.25, -0.2) is 8.78 Å². The number of nitrogens with one attached hydrogen (secondary N) is 1. The smallest absolute Gasteiger partial charge is 0.226 e. The highest BCUT2D eigenvalue weighted by molar-refractivity contribution is 5.92. The lowest BCUT2D eigenvalue weighted by Gasteiger charge is -2.25. The summed E-state index contributed by atoms with van der Waals surface area (Å²) < 4.78 is 26.0. The molecule has 1 saturated heterocycles. The molecule has 19 heavy (non-hydrogen) atoms. The first-order valence-corrected chi connectivity index (χ1v) is 6.50. The standard InChI is InChI=1S/C14H18F2N2O/c1-18(11-2-3-12(15)13(16)9-11)14(19)8-10-4-6-17-7-5-10/h2-3,9-10,17H,4-8H2,1H3. The molecule has 1 N–H and O–H groups in total. The molecule has 1 aliphatic rings. The van der Waals surface area contributed by atoms with Gasteiger partial charge < -0.3 is 10.2 Å². The second-order valence-electron chi connectivity index (χ2n) is 4.95. The van der Waals surface area contributed by atoms with Crippen LogP contribution in [0.1, 0.15) is 19.3 Å². The first-order valence-electron chi connectivity index (χ1n) is 6.50. The zero-order valence-electron chi connectivity index (χ0n) is 11.0. The van der Waals surface area contributed by atoms with Crippen LogP contribution < -0.4 is 10.2 Å². The highest BCUT2D eigenvalue weighted by Crippen LogP contribution is 2.21. The molecule has 1 aromatic rings. The molecule has 2 rings (SSSR count). The number of carbonyl (C=O) groups excluding carboxylic acids is 1. The Hall–Kier alpha value is -1.49. The third kappa shape index (κ3) is 3.50. The molecule has 5 heteroatoms. The molecule has 0 aromatic heterocycles. The van der Waals surface area contributed by atoms with Crippen LogP contribution in [0.5, 0.6) is 0 Å². The van der Waals surface area contributed by atoms with E-state index in [0.717, 1.165) is 38.1 Å². The molecule has 1 heterocycles. The summed E-state index contributed by atoms with van der Waals surface area (Å²) in [6.45, 7) is 1.87. The Balaban J connectivity index is 1.99. The Morgan fingerprint density at radius 3 is 2.63 bits per heavy atom. The van der Waals surface area contributed by atoms with E-state index in [9.17, 15) is 13.6 Å². The van der Waals surface area contributed by atoms with E-state index in [1.54, 1.807) is 7.05 Å². The molecule has 0 unspecified atom stereocenters. The summed E-state index contributed by atoms with van der Waals surface area (Å²) in [4.78, 5) is 13.5. The summed E-state index contributed by atoms with van der Waals surface area (Å²) in [7, 11) is 1.59. The lowest BCUT2D eigenvalue weighted by Crippen LogP contribution is -2.33. The van der Waals surface area contributed by atoms with Gasteiger partial charge in [0.2, 0.25) is 5.91 Å². The monoisotopic (exact) mass is 268 g/mol. The quantitative estimate of drug-likeness (QED) is 0.912. The van der Waals surface area contributed by atoms with Crippen molar-refractivity contribution >= 4 is 11.6 Å². The molecule has 0 atom stereocenters. The van der Waals surface area contributed by atoms with Crippen molar-refractivity contribution in [3.8, 4) is 0 Å². The average Bonchev–Trinajstić information content (AvgIpc) is 2.42. The van der Waals surface area contributed by atoms with Crippen LogP contribution in [-0.4, -0.2) is 26.0 Å². The zero-order valence-corrected chi connectivity index (χ0v) is 11.0. The molecule has 0 spiro atoms. The number of carbonyl (C=O) groups is 1. The van der Waals surface area contributed by atoms with Gasteiger partial charge in [0.05, 0.1) is 0 Å². The predicted octanol–water partition coefficient (Wildman–Crippen LogP) is 2.32. The third-order valence-electron chi connectivity index (χ3n) is 3.59. The third-order valence-corrected chi connectivity index (χ3v) is 3.59. The van der Waals surface area contributed by atoms with Crippen LogP contribution in [0.15, 0.2) is 18.2 Å². The van der Waals surface area contributed by atoms with Crippen molar-refractivity contribution in [3.05, 3.63) is 29.8 Å². The van der Waals surface area contributed by atoms with Crippen molar-refractivity contribution in [2.75, 3.05) is 25.0 Å². The van der Waals surface area contributed by atoms with Crippen LogP contribution in [0.4, 0.5) is 14.5 Å². The Labute approximate surface area is 111 Å². The van der Waals surface area contributed by atoms with Crippen LogP contribution in [0.3, 0.4) is 0 Å². The Morgan fingerprint density at radius 2 is 2.00 bits per heavy atom. The van der Waals surface area contributed by atoms with E-state index >= 15 is 0 Å². The summed E-state index contributed by atoms with van der Waals surface area (Å²) in [5, 5.41) is 3.25. The van der Waals surface area contributed by atoms with Gasteiger partial charge in [0, 0.05) is 25.2 Å². The maximum atomic E-state index is 13.1. The highest BCUT2D eigenvalue weighted by atomic mass is 19.2. The second-order valence-corrected chi connectivity index (χ2v) is 4.95. The SMILES string of the molecule is CN(C(=O)CC1CCNCC1)c1ccc(F)c(F)c1. The van der Waals surface area contributed by atoms with Gasteiger partial charge in [-0.1, -0.05) is 0 Å². The molecule has 0 radical (unpaired) electrons. The summed E-state index contributed by atoms with van der Waals surface area (Å²) in [6, 6.07) is 3.51. The van der Waals surface area contributed by atoms with E-state index in [0.29, 0.717) is 18.0 Å². The van der Waals surface area contributed by atoms with Crippen LogP contribution >= 0.6 is 0 Å². The summed E-state index contributed by atoms with van der Waals surface area (Å²) in [5.41, 5.74) is 0.387. The number of nitrogens with zero attached hydrogens (tertiary/aromatic N) is 1. The number of anilines is 1. The van der Waals surface area contributed by atoms with Gasteiger partial charge in [-0.2, -0.15) is 0 Å². The minimum atomic E-state index is -0.931. The minimum absolute atomic E-state index is 0.0575. The first-order chi connectivity index (χ1) is 9.08. The molecule has 0 bridgehead atoms. The molecule has 1 amide bonds. The molecule has 104 valence electrons. The number of benzene rings is 1. The molecule has 0 aliphatic carbocycles. The van der Waals surface area contributed by atoms with Crippen LogP contribution in [0.25, 0.3) is 0 Å². The summed E-state index contributed by atoms with van der Waals surface area (Å²) in [5.74, 6) is -1.51. The number of halogens is 2. The van der Waals surface area contributed by atoms with E-state index in [2.05, 4.69) is 5.32 Å². The fourth-order valence-corrected chi connectivity index (χ4v) is 2.31. The second kappa shape index (κ2) is 6.10. The summed E-state index contributed by atoms with van der Waals surface area (Å²) in [6.07, 6.45) is 2.42. The molecule has 1 fully saturated rings. The van der Waals surface area contributed by atoms with Crippen LogP contribution in [0.2, 0.25) is 0 Å². The van der Waals surface area contributed by atoms with Crippen molar-refractivity contribution in [1.82, 2.24) is 5.32 Å². The predicted molar refractivity (Wildman–Crippen MR) is 70.0 cm³/mol. The van der Waals surface area contributed by atoms with E-state index in [4.69, 9.17) is 0 Å². The lowest BCUT2D eigenvalue weighted by atomic mass is 9.94. The van der Waals surface area contributed by atoms with Crippen molar-refractivity contribution in [2.24, 2.45) is 5.92 Å². The molecule has 3 nitrogen and oxygen atoms in total. The Kier molecular flexibility index (Phi) is 4.47. The van der Waals surface area contributed by atoms with Crippen molar-refractivity contribution in [2.45, 2.75) is 19.3 Å². The van der Waals surface area contributed by atoms with Gasteiger partial charge in [-0.3, -0.25) is 4.79 Å². The fourth-order valence-electron chi connectivity index (χ4n) is 2.31. The maximum absolute atomic E-state index is 13.1. The van der Waals surface area contributed by atoms with Crippen molar-refractivity contribution in [1.29, 1.82) is 0 Å². The lowest BCUT2D eigenvalue weighted by molar-refractivity contribution is -0.119. The van der Waals surface area contributed by atoms with Crippen molar-refractivity contribution < 1.29 is 13.6 Å². The average molecular weight is 268 g/mol. The number of hydrogen-bond acceptors (Lipinski definition) is 2. The normalized spacial score (nSPS) is 16.4. The van der Waals surface area contributed by atoms with E-state index < -0.39 is 11.6 Å². The van der Waals surface area contributed by atoms with E-state index in [1.807, 2.05) is 0 Å². The number of hydrogen-bond donors (Lipinski definition) is 1. The van der Waals surface area contributed by atoms with Gasteiger partial charge in [0.25, 0.3) is 0 Å². The highest BCUT2D eigenvalue weighted by Gasteiger charge is 2.20. The van der Waals surface area contributed by atoms with Gasteiger partial charge in [0.1, 0.15) is 0 Å². The van der Waals surface area contributed by atoms with Crippen molar-refractivity contribution in [3.63, 3.8) is 0 Å². The molecular weight excluding hydrogens is 250 g/mol. The van der Waals surface area contributed by atoms with Gasteiger partial charge in [-0.05, 0) is 44.0 Å². The van der Waals surface area contributed by atoms with Gasteiger partial charge in [0.15, 0.2) is 11.6 Å². The van der Waals surface area contributed by atoms with Gasteiger partial charge >= 0.3 is 0 Å². The largest absolute Gasteiger partial charge is 0.317 e. The van der Waals surface area contributed by atoms with Crippen LogP contribution in [-0.2, 0) is 4.79 Å².